The zero-order valence-corrected chi connectivity index (χ0v) is 12.9. The van der Waals surface area contributed by atoms with Gasteiger partial charge < -0.3 is 4.18 Å². The summed E-state index contributed by atoms with van der Waals surface area (Å²) in [4.78, 5) is -0.124. The van der Waals surface area contributed by atoms with Crippen molar-refractivity contribution in [2.24, 2.45) is 0 Å². The summed E-state index contributed by atoms with van der Waals surface area (Å²) < 4.78 is 29.3. The molecule has 21 heavy (non-hydrogen) atoms. The van der Waals surface area contributed by atoms with Gasteiger partial charge in [-0.1, -0.05) is 35.3 Å². The molecule has 108 valence electrons. The van der Waals surface area contributed by atoms with Crippen LogP contribution in [0.1, 0.15) is 5.56 Å². The molecule has 0 saturated carbocycles. The van der Waals surface area contributed by atoms with E-state index in [1.54, 1.807) is 12.1 Å². The molecule has 0 aliphatic heterocycles. The van der Waals surface area contributed by atoms with E-state index < -0.39 is 10.1 Å². The fourth-order valence-electron chi connectivity index (χ4n) is 1.60. The SMILES string of the molecule is N#CCc1ccc(OS(=O)(=O)c2cc(Cl)cc(Cl)c2)cc1. The van der Waals surface area contributed by atoms with Crippen LogP contribution in [0.2, 0.25) is 10.0 Å². The van der Waals surface area contributed by atoms with Crippen molar-refractivity contribution in [2.75, 3.05) is 0 Å². The fourth-order valence-corrected chi connectivity index (χ4v) is 3.26. The van der Waals surface area contributed by atoms with Gasteiger partial charge in [-0.2, -0.15) is 13.7 Å². The molecular weight excluding hydrogens is 333 g/mol. The van der Waals surface area contributed by atoms with Crippen molar-refractivity contribution in [1.29, 1.82) is 5.26 Å². The molecule has 0 spiro atoms. The monoisotopic (exact) mass is 341 g/mol. The van der Waals surface area contributed by atoms with E-state index in [9.17, 15) is 8.42 Å². The van der Waals surface area contributed by atoms with Crippen LogP contribution in [-0.4, -0.2) is 8.42 Å². The average Bonchev–Trinajstić information content (AvgIpc) is 2.40. The van der Waals surface area contributed by atoms with Gasteiger partial charge in [-0.05, 0) is 35.9 Å². The molecule has 0 unspecified atom stereocenters. The van der Waals surface area contributed by atoms with Gasteiger partial charge in [0.05, 0.1) is 12.5 Å². The highest BCUT2D eigenvalue weighted by molar-refractivity contribution is 7.87. The molecule has 0 saturated heterocycles. The van der Waals surface area contributed by atoms with E-state index in [1.807, 2.05) is 6.07 Å². The molecule has 0 aromatic heterocycles. The first-order valence-electron chi connectivity index (χ1n) is 5.77. The van der Waals surface area contributed by atoms with Crippen molar-refractivity contribution in [2.45, 2.75) is 11.3 Å². The first-order chi connectivity index (χ1) is 9.90. The van der Waals surface area contributed by atoms with Crippen molar-refractivity contribution in [3.8, 4) is 11.8 Å². The van der Waals surface area contributed by atoms with Crippen LogP contribution in [0.4, 0.5) is 0 Å². The van der Waals surface area contributed by atoms with Gasteiger partial charge in [0.15, 0.2) is 0 Å². The summed E-state index contributed by atoms with van der Waals surface area (Å²) in [6, 6.07) is 12.2. The molecule has 2 aromatic rings. The van der Waals surface area contributed by atoms with Crippen molar-refractivity contribution < 1.29 is 12.6 Å². The lowest BCUT2D eigenvalue weighted by atomic mass is 10.2. The number of halogens is 2. The number of nitrogens with zero attached hydrogens (tertiary/aromatic N) is 1. The molecule has 0 atom stereocenters. The van der Waals surface area contributed by atoms with E-state index >= 15 is 0 Å². The van der Waals surface area contributed by atoms with E-state index in [1.165, 1.54) is 30.3 Å². The number of nitriles is 1. The van der Waals surface area contributed by atoms with Crippen LogP contribution in [-0.2, 0) is 16.5 Å². The Morgan fingerprint density at radius 1 is 1.05 bits per heavy atom. The Hall–Kier alpha value is -1.74. The van der Waals surface area contributed by atoms with Crippen LogP contribution < -0.4 is 4.18 Å². The maximum atomic E-state index is 12.1. The molecule has 4 nitrogen and oxygen atoms in total. The second-order valence-corrected chi connectivity index (χ2v) is 6.54. The topological polar surface area (TPSA) is 67.2 Å². The summed E-state index contributed by atoms with van der Waals surface area (Å²) in [5, 5.41) is 8.98. The van der Waals surface area contributed by atoms with Gasteiger partial charge in [-0.15, -0.1) is 0 Å². The molecule has 0 heterocycles. The van der Waals surface area contributed by atoms with Crippen LogP contribution in [0, 0.1) is 11.3 Å². The van der Waals surface area contributed by atoms with Crippen LogP contribution >= 0.6 is 23.2 Å². The number of hydrogen-bond donors (Lipinski definition) is 0. The summed E-state index contributed by atoms with van der Waals surface area (Å²) >= 11 is 11.6. The normalized spacial score (nSPS) is 10.9. The molecule has 0 amide bonds. The maximum Gasteiger partial charge on any atom is 0.339 e. The smallest absolute Gasteiger partial charge is 0.339 e. The summed E-state index contributed by atoms with van der Waals surface area (Å²) in [6.45, 7) is 0. The third-order valence-electron chi connectivity index (χ3n) is 2.54. The van der Waals surface area contributed by atoms with Gasteiger partial charge in [0, 0.05) is 10.0 Å². The lowest BCUT2D eigenvalue weighted by molar-refractivity contribution is 0.486. The summed E-state index contributed by atoms with van der Waals surface area (Å²) in [7, 11) is -4.02. The van der Waals surface area contributed by atoms with E-state index in [4.69, 9.17) is 32.6 Å². The van der Waals surface area contributed by atoms with Gasteiger partial charge in [-0.3, -0.25) is 0 Å². The second kappa shape index (κ2) is 6.35. The van der Waals surface area contributed by atoms with E-state index in [0.29, 0.717) is 0 Å². The maximum absolute atomic E-state index is 12.1. The van der Waals surface area contributed by atoms with Crippen LogP contribution in [0.15, 0.2) is 47.4 Å². The third-order valence-corrected chi connectivity index (χ3v) is 4.20. The van der Waals surface area contributed by atoms with Crippen molar-refractivity contribution in [3.05, 3.63) is 58.1 Å². The summed E-state index contributed by atoms with van der Waals surface area (Å²) in [5.41, 5.74) is 0.771. The Kier molecular flexibility index (Phi) is 4.73. The summed E-state index contributed by atoms with van der Waals surface area (Å²) in [6.07, 6.45) is 0.247. The van der Waals surface area contributed by atoms with Crippen molar-refractivity contribution in [1.82, 2.24) is 0 Å². The average molecular weight is 342 g/mol. The third kappa shape index (κ3) is 4.11. The number of benzene rings is 2. The molecule has 0 aliphatic rings. The Bertz CT molecular complexity index is 776. The Morgan fingerprint density at radius 2 is 1.62 bits per heavy atom. The molecule has 0 bridgehead atoms. The zero-order chi connectivity index (χ0) is 15.5. The molecular formula is C14H9Cl2NO3S. The Balaban J connectivity index is 2.26. The minimum absolute atomic E-state index is 0.124. The fraction of sp³-hybridized carbons (Fsp3) is 0.0714. The second-order valence-electron chi connectivity index (χ2n) is 4.12. The molecule has 0 radical (unpaired) electrons. The van der Waals surface area contributed by atoms with Gasteiger partial charge in [-0.25, -0.2) is 0 Å². The zero-order valence-electron chi connectivity index (χ0n) is 10.6. The highest BCUT2D eigenvalue weighted by atomic mass is 35.5. The van der Waals surface area contributed by atoms with Gasteiger partial charge in [0.1, 0.15) is 10.6 Å². The van der Waals surface area contributed by atoms with Crippen LogP contribution in [0.3, 0.4) is 0 Å². The predicted octanol–water partition coefficient (Wildman–Crippen LogP) is 3.83. The standard InChI is InChI=1S/C14H9Cl2NO3S/c15-11-7-12(16)9-14(8-11)21(18,19)20-13-3-1-10(2-4-13)5-6-17/h1-4,7-9H,5H2. The molecule has 2 aromatic carbocycles. The summed E-state index contributed by atoms with van der Waals surface area (Å²) in [5.74, 6) is 0.146. The van der Waals surface area contributed by atoms with E-state index in [-0.39, 0.29) is 27.1 Å². The number of hydrogen-bond acceptors (Lipinski definition) is 4. The lowest BCUT2D eigenvalue weighted by Gasteiger charge is -2.08. The predicted molar refractivity (Wildman–Crippen MR) is 80.0 cm³/mol. The minimum Gasteiger partial charge on any atom is -0.379 e. The van der Waals surface area contributed by atoms with E-state index in [0.717, 1.165) is 5.56 Å². The first kappa shape index (κ1) is 15.6. The lowest BCUT2D eigenvalue weighted by Crippen LogP contribution is -2.09. The van der Waals surface area contributed by atoms with Crippen molar-refractivity contribution in [3.63, 3.8) is 0 Å². The molecule has 0 aliphatic carbocycles. The van der Waals surface area contributed by atoms with Gasteiger partial charge in [0.2, 0.25) is 0 Å². The number of rotatable bonds is 4. The molecule has 0 fully saturated rings. The van der Waals surface area contributed by atoms with Crippen molar-refractivity contribution >= 4 is 33.3 Å². The highest BCUT2D eigenvalue weighted by Crippen LogP contribution is 2.25. The molecule has 7 heteroatoms. The Morgan fingerprint density at radius 3 is 2.14 bits per heavy atom. The first-order valence-corrected chi connectivity index (χ1v) is 7.93. The quantitative estimate of drug-likeness (QED) is 0.792. The highest BCUT2D eigenvalue weighted by Gasteiger charge is 2.18. The molecule has 0 N–H and O–H groups in total. The van der Waals surface area contributed by atoms with E-state index in [2.05, 4.69) is 0 Å². The van der Waals surface area contributed by atoms with Crippen LogP contribution in [0.5, 0.6) is 5.75 Å². The van der Waals surface area contributed by atoms with Gasteiger partial charge >= 0.3 is 10.1 Å². The Labute approximate surface area is 132 Å². The van der Waals surface area contributed by atoms with Crippen LogP contribution in [0.25, 0.3) is 0 Å². The minimum atomic E-state index is -4.02. The largest absolute Gasteiger partial charge is 0.379 e. The van der Waals surface area contributed by atoms with Gasteiger partial charge in [0.25, 0.3) is 0 Å². The molecule has 2 rings (SSSR count).